The number of carbonyl (C=O) groups excluding carboxylic acids is 1. The summed E-state index contributed by atoms with van der Waals surface area (Å²) in [5.74, 6) is 1.41. The van der Waals surface area contributed by atoms with Crippen LogP contribution in [0.25, 0.3) is 0 Å². The number of ether oxygens (including phenoxy) is 2. The van der Waals surface area contributed by atoms with E-state index in [1.54, 1.807) is 13.2 Å². The highest BCUT2D eigenvalue weighted by atomic mass is 16.5. The summed E-state index contributed by atoms with van der Waals surface area (Å²) in [6, 6.07) is 5.59. The van der Waals surface area contributed by atoms with Crippen LogP contribution in [0, 0.1) is 0 Å². The Labute approximate surface area is 82.6 Å². The van der Waals surface area contributed by atoms with Gasteiger partial charge >= 0.3 is 5.97 Å². The van der Waals surface area contributed by atoms with Crippen LogP contribution in [-0.4, -0.2) is 13.1 Å². The highest BCUT2D eigenvalue weighted by Gasteiger charge is 2.23. The zero-order valence-electron chi connectivity index (χ0n) is 8.24. The summed E-state index contributed by atoms with van der Waals surface area (Å²) in [6.07, 6.45) is 0.458. The van der Waals surface area contributed by atoms with Gasteiger partial charge in [0.2, 0.25) is 0 Å². The topological polar surface area (TPSA) is 35.5 Å². The standard InChI is InChI=1S/C11H12O3/c1-7-5-11(12)14-10-6-8(13-2)3-4-9(7)10/h3-4,6-7H,5H2,1-2H3/t7-/m0/s1. The molecule has 0 fully saturated rings. The second kappa shape index (κ2) is 3.33. The number of carbonyl (C=O) groups is 1. The molecule has 1 aromatic carbocycles. The molecule has 1 heterocycles. The van der Waals surface area contributed by atoms with Gasteiger partial charge in [0.1, 0.15) is 11.5 Å². The largest absolute Gasteiger partial charge is 0.497 e. The van der Waals surface area contributed by atoms with Crippen LogP contribution in [0.5, 0.6) is 11.5 Å². The number of benzene rings is 1. The van der Waals surface area contributed by atoms with Gasteiger partial charge in [0, 0.05) is 6.07 Å². The van der Waals surface area contributed by atoms with Crippen LogP contribution in [-0.2, 0) is 4.79 Å². The highest BCUT2D eigenvalue weighted by Crippen LogP contribution is 2.36. The van der Waals surface area contributed by atoms with Crippen molar-refractivity contribution in [3.8, 4) is 11.5 Å². The van der Waals surface area contributed by atoms with Crippen molar-refractivity contribution in [2.24, 2.45) is 0 Å². The molecule has 0 aliphatic carbocycles. The molecule has 0 saturated carbocycles. The molecule has 0 spiro atoms. The van der Waals surface area contributed by atoms with E-state index >= 15 is 0 Å². The fraction of sp³-hybridized carbons (Fsp3) is 0.364. The quantitative estimate of drug-likeness (QED) is 0.505. The van der Waals surface area contributed by atoms with Gasteiger partial charge in [-0.05, 0) is 17.5 Å². The Morgan fingerprint density at radius 1 is 1.50 bits per heavy atom. The molecular weight excluding hydrogens is 180 g/mol. The molecule has 0 unspecified atom stereocenters. The van der Waals surface area contributed by atoms with Gasteiger partial charge < -0.3 is 9.47 Å². The lowest BCUT2D eigenvalue weighted by atomic mass is 9.95. The van der Waals surface area contributed by atoms with Crippen molar-refractivity contribution < 1.29 is 14.3 Å². The van der Waals surface area contributed by atoms with E-state index in [1.165, 1.54) is 0 Å². The number of fused-ring (bicyclic) bond motifs is 1. The van der Waals surface area contributed by atoms with E-state index in [0.717, 1.165) is 5.56 Å². The minimum atomic E-state index is -0.168. The summed E-state index contributed by atoms with van der Waals surface area (Å²) < 4.78 is 10.2. The predicted molar refractivity (Wildman–Crippen MR) is 51.7 cm³/mol. The molecule has 0 saturated heterocycles. The Kier molecular flexibility index (Phi) is 2.15. The van der Waals surface area contributed by atoms with Gasteiger partial charge in [-0.1, -0.05) is 13.0 Å². The lowest BCUT2D eigenvalue weighted by Gasteiger charge is -2.21. The fourth-order valence-corrected chi connectivity index (χ4v) is 1.66. The summed E-state index contributed by atoms with van der Waals surface area (Å²) in [6.45, 7) is 2.02. The third-order valence-electron chi connectivity index (χ3n) is 2.45. The monoisotopic (exact) mass is 192 g/mol. The predicted octanol–water partition coefficient (Wildman–Crippen LogP) is 2.11. The summed E-state index contributed by atoms with van der Waals surface area (Å²) in [4.78, 5) is 11.2. The number of rotatable bonds is 1. The van der Waals surface area contributed by atoms with Crippen LogP contribution >= 0.6 is 0 Å². The SMILES string of the molecule is COc1ccc2c(c1)OC(=O)C[C@@H]2C. The van der Waals surface area contributed by atoms with E-state index in [2.05, 4.69) is 0 Å². The fourth-order valence-electron chi connectivity index (χ4n) is 1.66. The Hall–Kier alpha value is -1.51. The third-order valence-corrected chi connectivity index (χ3v) is 2.45. The molecule has 0 bridgehead atoms. The van der Waals surface area contributed by atoms with E-state index in [1.807, 2.05) is 19.1 Å². The maximum atomic E-state index is 11.2. The van der Waals surface area contributed by atoms with Crippen molar-refractivity contribution in [1.82, 2.24) is 0 Å². The van der Waals surface area contributed by atoms with Gasteiger partial charge in [-0.3, -0.25) is 4.79 Å². The smallest absolute Gasteiger partial charge is 0.311 e. The molecular formula is C11H12O3. The Bertz CT molecular complexity index is 371. The van der Waals surface area contributed by atoms with Crippen molar-refractivity contribution in [2.75, 3.05) is 7.11 Å². The molecule has 14 heavy (non-hydrogen) atoms. The molecule has 1 aliphatic rings. The van der Waals surface area contributed by atoms with Crippen LogP contribution < -0.4 is 9.47 Å². The van der Waals surface area contributed by atoms with Gasteiger partial charge in [-0.25, -0.2) is 0 Å². The summed E-state index contributed by atoms with van der Waals surface area (Å²) in [5, 5.41) is 0. The van der Waals surface area contributed by atoms with Crippen molar-refractivity contribution in [2.45, 2.75) is 19.3 Å². The normalized spacial score (nSPS) is 19.9. The number of methoxy groups -OCH3 is 1. The first-order valence-corrected chi connectivity index (χ1v) is 4.59. The van der Waals surface area contributed by atoms with Gasteiger partial charge in [0.05, 0.1) is 13.5 Å². The molecule has 0 aromatic heterocycles. The second-order valence-corrected chi connectivity index (χ2v) is 3.48. The Morgan fingerprint density at radius 2 is 2.29 bits per heavy atom. The minimum Gasteiger partial charge on any atom is -0.497 e. The average molecular weight is 192 g/mol. The zero-order chi connectivity index (χ0) is 10.1. The zero-order valence-corrected chi connectivity index (χ0v) is 8.24. The first kappa shape index (κ1) is 9.06. The molecule has 1 atom stereocenters. The minimum absolute atomic E-state index is 0.168. The second-order valence-electron chi connectivity index (χ2n) is 3.48. The van der Waals surface area contributed by atoms with Crippen molar-refractivity contribution >= 4 is 5.97 Å². The number of hydrogen-bond acceptors (Lipinski definition) is 3. The molecule has 1 aromatic rings. The molecule has 0 radical (unpaired) electrons. The van der Waals surface area contributed by atoms with E-state index in [9.17, 15) is 4.79 Å². The molecule has 74 valence electrons. The van der Waals surface area contributed by atoms with E-state index in [0.29, 0.717) is 17.9 Å². The third kappa shape index (κ3) is 1.45. The highest BCUT2D eigenvalue weighted by molar-refractivity contribution is 5.76. The first-order chi connectivity index (χ1) is 6.70. The summed E-state index contributed by atoms with van der Waals surface area (Å²) in [7, 11) is 1.59. The maximum Gasteiger partial charge on any atom is 0.311 e. The van der Waals surface area contributed by atoms with Gasteiger partial charge in [-0.15, -0.1) is 0 Å². The Balaban J connectivity index is 2.43. The van der Waals surface area contributed by atoms with Crippen LogP contribution in [0.2, 0.25) is 0 Å². The Morgan fingerprint density at radius 3 is 3.00 bits per heavy atom. The average Bonchev–Trinajstić information content (AvgIpc) is 2.16. The van der Waals surface area contributed by atoms with E-state index < -0.39 is 0 Å². The van der Waals surface area contributed by atoms with E-state index in [-0.39, 0.29) is 11.9 Å². The molecule has 0 amide bonds. The first-order valence-electron chi connectivity index (χ1n) is 4.59. The van der Waals surface area contributed by atoms with Crippen LogP contribution in [0.1, 0.15) is 24.8 Å². The molecule has 0 N–H and O–H groups in total. The maximum absolute atomic E-state index is 11.2. The van der Waals surface area contributed by atoms with Crippen LogP contribution in [0.15, 0.2) is 18.2 Å². The molecule has 2 rings (SSSR count). The van der Waals surface area contributed by atoms with Crippen LogP contribution in [0.3, 0.4) is 0 Å². The van der Waals surface area contributed by atoms with Gasteiger partial charge in [0.25, 0.3) is 0 Å². The lowest BCUT2D eigenvalue weighted by Crippen LogP contribution is -2.18. The van der Waals surface area contributed by atoms with Crippen molar-refractivity contribution in [1.29, 1.82) is 0 Å². The number of hydrogen-bond donors (Lipinski definition) is 0. The van der Waals surface area contributed by atoms with E-state index in [4.69, 9.17) is 9.47 Å². The molecule has 3 heteroatoms. The molecule has 3 nitrogen and oxygen atoms in total. The molecule has 1 aliphatic heterocycles. The number of esters is 1. The summed E-state index contributed by atoms with van der Waals surface area (Å²) >= 11 is 0. The lowest BCUT2D eigenvalue weighted by molar-refractivity contribution is -0.135. The van der Waals surface area contributed by atoms with Crippen molar-refractivity contribution in [3.05, 3.63) is 23.8 Å². The van der Waals surface area contributed by atoms with Gasteiger partial charge in [-0.2, -0.15) is 0 Å². The van der Waals surface area contributed by atoms with Crippen molar-refractivity contribution in [3.63, 3.8) is 0 Å². The van der Waals surface area contributed by atoms with Crippen LogP contribution in [0.4, 0.5) is 0 Å². The summed E-state index contributed by atoms with van der Waals surface area (Å²) in [5.41, 5.74) is 1.07. The van der Waals surface area contributed by atoms with Gasteiger partial charge in [0.15, 0.2) is 0 Å².